The van der Waals surface area contributed by atoms with Crippen LogP contribution in [0.5, 0.6) is 0 Å². The van der Waals surface area contributed by atoms with Gasteiger partial charge in [-0.15, -0.1) is 0 Å². The number of esters is 1. The van der Waals surface area contributed by atoms with Gasteiger partial charge in [-0.05, 0) is 48.4 Å². The van der Waals surface area contributed by atoms with Gasteiger partial charge in [-0.25, -0.2) is 14.8 Å². The average molecular weight is 575 g/mol. The Balaban J connectivity index is 1.67. The number of pyridine rings is 1. The van der Waals surface area contributed by atoms with Gasteiger partial charge in [0.2, 0.25) is 5.91 Å². The van der Waals surface area contributed by atoms with Gasteiger partial charge in [0.25, 0.3) is 11.4 Å². The van der Waals surface area contributed by atoms with Crippen LogP contribution in [0.4, 0.5) is 17.2 Å². The van der Waals surface area contributed by atoms with Gasteiger partial charge in [-0.3, -0.25) is 25.0 Å². The molecule has 2 heterocycles. The van der Waals surface area contributed by atoms with Gasteiger partial charge in [-0.1, -0.05) is 12.1 Å². The molecular formula is C27H26N8O7. The number of nitro groups is 2. The normalized spacial score (nSPS) is 15.8. The number of nitrogens with one attached hydrogen (secondary N) is 3. The third kappa shape index (κ3) is 6.14. The molecule has 0 spiro atoms. The van der Waals surface area contributed by atoms with Gasteiger partial charge < -0.3 is 26.4 Å². The molecule has 1 unspecified atom stereocenters. The molecule has 42 heavy (non-hydrogen) atoms. The fraction of sp³-hybridized carbons (Fsp3) is 0.185. The number of ether oxygens (including phenoxy) is 1. The minimum absolute atomic E-state index is 0.0876. The molecule has 4 rings (SSSR count). The monoisotopic (exact) mass is 574 g/mol. The lowest BCUT2D eigenvalue weighted by Crippen LogP contribution is -2.56. The number of aromatic nitrogens is 1. The first-order valence-electron chi connectivity index (χ1n) is 12.6. The van der Waals surface area contributed by atoms with E-state index >= 15 is 0 Å². The lowest BCUT2D eigenvalue weighted by atomic mass is 9.76. The van der Waals surface area contributed by atoms with E-state index in [2.05, 4.69) is 25.9 Å². The van der Waals surface area contributed by atoms with Crippen LogP contribution in [0.2, 0.25) is 0 Å². The molecule has 216 valence electrons. The quantitative estimate of drug-likeness (QED) is 0.113. The molecule has 0 radical (unpaired) electrons. The van der Waals surface area contributed by atoms with Gasteiger partial charge in [-0.2, -0.15) is 0 Å². The molecule has 1 amide bonds. The Morgan fingerprint density at radius 1 is 0.929 bits per heavy atom. The highest BCUT2D eigenvalue weighted by atomic mass is 16.6. The predicted molar refractivity (Wildman–Crippen MR) is 152 cm³/mol. The van der Waals surface area contributed by atoms with Crippen molar-refractivity contribution in [3.8, 4) is 0 Å². The maximum atomic E-state index is 13.2. The van der Waals surface area contributed by atoms with E-state index in [-0.39, 0.29) is 35.1 Å². The number of amides is 1. The molecule has 15 heteroatoms. The van der Waals surface area contributed by atoms with Crippen LogP contribution in [0, 0.1) is 20.2 Å². The van der Waals surface area contributed by atoms with Crippen molar-refractivity contribution < 1.29 is 24.2 Å². The summed E-state index contributed by atoms with van der Waals surface area (Å²) >= 11 is 0. The number of anilines is 1. The highest BCUT2D eigenvalue weighted by Crippen LogP contribution is 2.40. The number of guanidine groups is 1. The highest BCUT2D eigenvalue weighted by Gasteiger charge is 2.45. The zero-order chi connectivity index (χ0) is 30.3. The fourth-order valence-corrected chi connectivity index (χ4v) is 4.32. The molecule has 15 nitrogen and oxygen atoms in total. The summed E-state index contributed by atoms with van der Waals surface area (Å²) in [6.07, 6.45) is 2.50. The van der Waals surface area contributed by atoms with Crippen molar-refractivity contribution in [2.45, 2.75) is 12.5 Å². The predicted octanol–water partition coefficient (Wildman–Crippen LogP) is 2.35. The number of carbonyl (C=O) groups excluding carboxylic acids is 2. The van der Waals surface area contributed by atoms with E-state index < -0.39 is 27.3 Å². The van der Waals surface area contributed by atoms with Crippen molar-refractivity contribution in [3.05, 3.63) is 116 Å². The van der Waals surface area contributed by atoms with Crippen LogP contribution in [-0.2, 0) is 15.1 Å². The summed E-state index contributed by atoms with van der Waals surface area (Å²) in [6.45, 7) is 2.40. The summed E-state index contributed by atoms with van der Waals surface area (Å²) in [5.41, 5.74) is 5.02. The van der Waals surface area contributed by atoms with Gasteiger partial charge in [0.15, 0.2) is 5.96 Å². The molecule has 5 N–H and O–H groups in total. The lowest BCUT2D eigenvalue weighted by Gasteiger charge is -2.40. The number of rotatable bonds is 11. The van der Waals surface area contributed by atoms with E-state index in [0.29, 0.717) is 30.0 Å². The van der Waals surface area contributed by atoms with Crippen molar-refractivity contribution in [1.82, 2.24) is 15.6 Å². The summed E-state index contributed by atoms with van der Waals surface area (Å²) in [6, 6.07) is 14.7. The van der Waals surface area contributed by atoms with Crippen molar-refractivity contribution in [3.63, 3.8) is 0 Å². The number of nitrogens with two attached hydrogens (primary N) is 1. The largest absolute Gasteiger partial charge is 0.463 e. The second-order valence-electron chi connectivity index (χ2n) is 8.87. The Kier molecular flexibility index (Phi) is 8.70. The molecular weight excluding hydrogens is 548 g/mol. The van der Waals surface area contributed by atoms with Crippen LogP contribution >= 0.6 is 0 Å². The fourth-order valence-electron chi connectivity index (χ4n) is 4.32. The van der Waals surface area contributed by atoms with Crippen LogP contribution in [0.3, 0.4) is 0 Å². The Labute approximate surface area is 238 Å². The molecule has 0 fully saturated rings. The Morgan fingerprint density at radius 3 is 2.07 bits per heavy atom. The molecule has 1 atom stereocenters. The highest BCUT2D eigenvalue weighted by molar-refractivity contribution is 5.97. The minimum atomic E-state index is -1.44. The summed E-state index contributed by atoms with van der Waals surface area (Å²) in [5, 5.41) is 31.6. The Bertz CT molecular complexity index is 1500. The van der Waals surface area contributed by atoms with E-state index in [1.165, 1.54) is 54.7 Å². The number of carbonyl (C=O) groups is 2. The molecule has 1 aromatic heterocycles. The van der Waals surface area contributed by atoms with Gasteiger partial charge in [0.1, 0.15) is 17.6 Å². The number of aliphatic imine (C=N–C) groups is 1. The number of nitro benzene ring substituents is 1. The Morgan fingerprint density at radius 2 is 1.52 bits per heavy atom. The number of hydrogen-bond donors (Lipinski definition) is 4. The third-order valence-electron chi connectivity index (χ3n) is 6.32. The number of non-ortho nitro benzene ring substituents is 1. The average Bonchev–Trinajstić information content (AvgIpc) is 2.99. The maximum Gasteiger partial charge on any atom is 0.338 e. The minimum Gasteiger partial charge on any atom is -0.463 e. The molecule has 0 saturated heterocycles. The second kappa shape index (κ2) is 12.5. The number of benzene rings is 2. The smallest absolute Gasteiger partial charge is 0.338 e. The number of nitrogens with zero attached hydrogens (tertiary/aromatic N) is 4. The van der Waals surface area contributed by atoms with Crippen LogP contribution in [0.1, 0.15) is 28.4 Å². The van der Waals surface area contributed by atoms with E-state index in [9.17, 15) is 29.8 Å². The Hall–Kier alpha value is -5.86. The van der Waals surface area contributed by atoms with Crippen molar-refractivity contribution in [2.75, 3.05) is 25.0 Å². The van der Waals surface area contributed by atoms with E-state index in [0.717, 1.165) is 6.20 Å². The van der Waals surface area contributed by atoms with Gasteiger partial charge in [0, 0.05) is 43.1 Å². The first kappa shape index (κ1) is 29.1. The van der Waals surface area contributed by atoms with Crippen molar-refractivity contribution in [1.29, 1.82) is 0 Å². The standard InChI is InChI=1S/C27H26N8O7/c1-2-42-25(37)22-16-32-26(30-14-13-29-23-12-11-21(15-31-23)35(40)41)33-27(22,18-5-3-17(4-6-18)24(28)36)19-7-9-20(10-8-19)34(38)39/h3-12,15-16H,2,13-14H2,1H3,(H2,28,36)(H,29,31)(H2,30,32,33). The SMILES string of the molecule is CCOC(=O)C1=CN=C(NCCNc2ccc([N+](=O)[O-])cn2)NC1(c1ccc(C(N)=O)cc1)c1ccc([N+](=O)[O-])cc1. The van der Waals surface area contributed by atoms with Crippen molar-refractivity contribution >= 4 is 35.0 Å². The molecule has 2 aromatic carbocycles. The topological polar surface area (TPSA) is 217 Å². The van der Waals surface area contributed by atoms with E-state index in [4.69, 9.17) is 10.5 Å². The number of primary amides is 1. The number of hydrogen-bond acceptors (Lipinski definition) is 12. The third-order valence-corrected chi connectivity index (χ3v) is 6.32. The summed E-state index contributed by atoms with van der Waals surface area (Å²) < 4.78 is 5.33. The molecule has 1 aliphatic rings. The molecule has 0 aliphatic carbocycles. The van der Waals surface area contributed by atoms with Crippen LogP contribution in [-0.4, -0.2) is 52.4 Å². The zero-order valence-electron chi connectivity index (χ0n) is 22.3. The molecule has 3 aromatic rings. The van der Waals surface area contributed by atoms with E-state index in [1.807, 2.05) is 0 Å². The van der Waals surface area contributed by atoms with Crippen molar-refractivity contribution in [2.24, 2.45) is 10.7 Å². The molecule has 1 aliphatic heterocycles. The van der Waals surface area contributed by atoms with Crippen LogP contribution in [0.15, 0.2) is 83.6 Å². The first-order chi connectivity index (χ1) is 20.1. The van der Waals surface area contributed by atoms with E-state index in [1.54, 1.807) is 19.1 Å². The summed E-state index contributed by atoms with van der Waals surface area (Å²) in [5.74, 6) is -0.613. The maximum absolute atomic E-state index is 13.2. The zero-order valence-corrected chi connectivity index (χ0v) is 22.3. The second-order valence-corrected chi connectivity index (χ2v) is 8.87. The summed E-state index contributed by atoms with van der Waals surface area (Å²) in [4.78, 5) is 54.4. The lowest BCUT2D eigenvalue weighted by molar-refractivity contribution is -0.385. The summed E-state index contributed by atoms with van der Waals surface area (Å²) in [7, 11) is 0. The van der Waals surface area contributed by atoms with Gasteiger partial charge in [0.05, 0.1) is 22.0 Å². The van der Waals surface area contributed by atoms with Gasteiger partial charge >= 0.3 is 5.97 Å². The molecule has 0 bridgehead atoms. The molecule has 0 saturated carbocycles. The van der Waals surface area contributed by atoms with Crippen LogP contribution in [0.25, 0.3) is 0 Å². The van der Waals surface area contributed by atoms with Crippen LogP contribution < -0.4 is 21.7 Å². The first-order valence-corrected chi connectivity index (χ1v) is 12.6.